The number of nitriles is 1. The van der Waals surface area contributed by atoms with E-state index in [-0.39, 0.29) is 10.6 Å². The summed E-state index contributed by atoms with van der Waals surface area (Å²) in [5.41, 5.74) is 1.35. The third-order valence-corrected chi connectivity index (χ3v) is 4.85. The van der Waals surface area contributed by atoms with E-state index in [0.717, 1.165) is 12.1 Å². The summed E-state index contributed by atoms with van der Waals surface area (Å²) >= 11 is 0. The fourth-order valence-corrected chi connectivity index (χ4v) is 3.28. The Bertz CT molecular complexity index is 1070. The first-order valence-electron chi connectivity index (χ1n) is 7.50. The topological polar surface area (TPSA) is 97.0 Å². The maximum atomic E-state index is 12.4. The third-order valence-electron chi connectivity index (χ3n) is 3.45. The Morgan fingerprint density at radius 2 is 1.78 bits per heavy atom. The molecule has 0 fully saturated rings. The first-order chi connectivity index (χ1) is 12.9. The maximum absolute atomic E-state index is 12.4. The summed E-state index contributed by atoms with van der Waals surface area (Å²) in [5.74, 6) is -0.135. The van der Waals surface area contributed by atoms with Crippen molar-refractivity contribution in [1.82, 2.24) is 9.78 Å². The van der Waals surface area contributed by atoms with Gasteiger partial charge in [0.25, 0.3) is 10.0 Å². The van der Waals surface area contributed by atoms with Crippen LogP contribution in [0, 0.1) is 11.3 Å². The first-order valence-corrected chi connectivity index (χ1v) is 8.98. The fourth-order valence-electron chi connectivity index (χ4n) is 2.22. The molecule has 7 nitrogen and oxygen atoms in total. The van der Waals surface area contributed by atoms with Gasteiger partial charge in [0.05, 0.1) is 22.3 Å². The number of halogens is 2. The van der Waals surface area contributed by atoms with Crippen LogP contribution in [-0.4, -0.2) is 24.8 Å². The van der Waals surface area contributed by atoms with Gasteiger partial charge in [-0.2, -0.15) is 19.1 Å². The summed E-state index contributed by atoms with van der Waals surface area (Å²) < 4.78 is 57.1. The molecule has 0 radical (unpaired) electrons. The molecule has 10 heteroatoms. The number of sulfonamides is 1. The zero-order valence-electron chi connectivity index (χ0n) is 13.6. The standard InChI is InChI=1S/C17H12F2N4O3S/c18-17(19)26-15-5-7-16(8-6-15)27(24,25)22-13-1-3-14(4-2-13)23-11-12(9-20)10-21-23/h1-8,10-11,17,22H. The number of hydrogen-bond acceptors (Lipinski definition) is 5. The fraction of sp³-hybridized carbons (Fsp3) is 0.0588. The zero-order chi connectivity index (χ0) is 19.4. The zero-order valence-corrected chi connectivity index (χ0v) is 14.4. The highest BCUT2D eigenvalue weighted by atomic mass is 32.2. The lowest BCUT2D eigenvalue weighted by molar-refractivity contribution is -0.0498. The number of hydrogen-bond donors (Lipinski definition) is 1. The lowest BCUT2D eigenvalue weighted by Crippen LogP contribution is -2.13. The van der Waals surface area contributed by atoms with Crippen molar-refractivity contribution in [2.45, 2.75) is 11.5 Å². The van der Waals surface area contributed by atoms with Crippen molar-refractivity contribution in [3.63, 3.8) is 0 Å². The van der Waals surface area contributed by atoms with Crippen LogP contribution in [0.15, 0.2) is 65.8 Å². The number of alkyl halides is 2. The van der Waals surface area contributed by atoms with Crippen LogP contribution in [0.4, 0.5) is 14.5 Å². The molecule has 0 saturated carbocycles. The minimum absolute atomic E-state index is 0.0982. The summed E-state index contributed by atoms with van der Waals surface area (Å²) in [6.07, 6.45) is 2.96. The molecule has 0 amide bonds. The van der Waals surface area contributed by atoms with E-state index in [1.54, 1.807) is 18.3 Å². The summed E-state index contributed by atoms with van der Waals surface area (Å²) in [6, 6.07) is 12.9. The number of aromatic nitrogens is 2. The predicted molar refractivity (Wildman–Crippen MR) is 92.2 cm³/mol. The molecule has 2 aromatic carbocycles. The second-order valence-electron chi connectivity index (χ2n) is 5.29. The molecule has 1 N–H and O–H groups in total. The first kappa shape index (κ1) is 18.3. The molecule has 0 aliphatic carbocycles. The van der Waals surface area contributed by atoms with Gasteiger partial charge in [0.15, 0.2) is 0 Å². The van der Waals surface area contributed by atoms with Crippen molar-refractivity contribution in [1.29, 1.82) is 5.26 Å². The van der Waals surface area contributed by atoms with Gasteiger partial charge >= 0.3 is 6.61 Å². The van der Waals surface area contributed by atoms with E-state index in [2.05, 4.69) is 14.6 Å². The maximum Gasteiger partial charge on any atom is 0.387 e. The third kappa shape index (κ3) is 4.39. The summed E-state index contributed by atoms with van der Waals surface area (Å²) in [6.45, 7) is -2.98. The van der Waals surface area contributed by atoms with Crippen LogP contribution >= 0.6 is 0 Å². The van der Waals surface area contributed by atoms with Crippen molar-refractivity contribution in [3.05, 3.63) is 66.5 Å². The normalized spacial score (nSPS) is 11.2. The molecule has 0 atom stereocenters. The van der Waals surface area contributed by atoms with Crippen molar-refractivity contribution in [2.24, 2.45) is 0 Å². The van der Waals surface area contributed by atoms with Gasteiger partial charge in [-0.1, -0.05) is 0 Å². The number of nitrogens with one attached hydrogen (secondary N) is 1. The second kappa shape index (κ2) is 7.43. The summed E-state index contributed by atoms with van der Waals surface area (Å²) in [4.78, 5) is -0.0982. The lowest BCUT2D eigenvalue weighted by atomic mass is 10.3. The molecule has 1 heterocycles. The predicted octanol–water partition coefficient (Wildman–Crippen LogP) is 3.15. The largest absolute Gasteiger partial charge is 0.435 e. The minimum atomic E-state index is -3.89. The molecule has 0 aliphatic rings. The number of anilines is 1. The molecule has 0 saturated heterocycles. The molecule has 3 aromatic rings. The van der Waals surface area contributed by atoms with Crippen molar-refractivity contribution in [2.75, 3.05) is 4.72 Å². The lowest BCUT2D eigenvalue weighted by Gasteiger charge is -2.10. The average Bonchev–Trinajstić information content (AvgIpc) is 3.11. The Hall–Kier alpha value is -3.45. The van der Waals surface area contributed by atoms with E-state index in [4.69, 9.17) is 5.26 Å². The average molecular weight is 390 g/mol. The number of nitrogens with zero attached hydrogens (tertiary/aromatic N) is 3. The van der Waals surface area contributed by atoms with E-state index < -0.39 is 16.6 Å². The van der Waals surface area contributed by atoms with E-state index in [9.17, 15) is 17.2 Å². The van der Waals surface area contributed by atoms with Crippen LogP contribution in [0.1, 0.15) is 5.56 Å². The number of benzene rings is 2. The van der Waals surface area contributed by atoms with Gasteiger partial charge < -0.3 is 4.74 Å². The van der Waals surface area contributed by atoms with E-state index in [1.807, 2.05) is 6.07 Å². The summed E-state index contributed by atoms with van der Waals surface area (Å²) in [5, 5.41) is 12.8. The Labute approximate surface area is 153 Å². The van der Waals surface area contributed by atoms with Crippen molar-refractivity contribution < 1.29 is 21.9 Å². The molecule has 138 valence electrons. The van der Waals surface area contributed by atoms with Gasteiger partial charge in [-0.15, -0.1) is 0 Å². The highest BCUT2D eigenvalue weighted by Crippen LogP contribution is 2.21. The Kier molecular flexibility index (Phi) is 5.05. The minimum Gasteiger partial charge on any atom is -0.435 e. The molecular formula is C17H12F2N4O3S. The Balaban J connectivity index is 1.74. The molecule has 0 spiro atoms. The molecular weight excluding hydrogens is 378 g/mol. The van der Waals surface area contributed by atoms with Crippen LogP contribution in [0.2, 0.25) is 0 Å². The monoisotopic (exact) mass is 390 g/mol. The molecule has 1 aromatic heterocycles. The second-order valence-corrected chi connectivity index (χ2v) is 6.97. The highest BCUT2D eigenvalue weighted by Gasteiger charge is 2.15. The molecule has 0 aliphatic heterocycles. The number of ether oxygens (including phenoxy) is 1. The van der Waals surface area contributed by atoms with Gasteiger partial charge in [-0.3, -0.25) is 4.72 Å². The SMILES string of the molecule is N#Cc1cnn(-c2ccc(NS(=O)(=O)c3ccc(OC(F)F)cc3)cc2)c1. The highest BCUT2D eigenvalue weighted by molar-refractivity contribution is 7.92. The molecule has 0 unspecified atom stereocenters. The number of rotatable bonds is 6. The van der Waals surface area contributed by atoms with Crippen LogP contribution < -0.4 is 9.46 Å². The Morgan fingerprint density at radius 3 is 2.33 bits per heavy atom. The van der Waals surface area contributed by atoms with Gasteiger partial charge in [0.1, 0.15) is 11.8 Å². The van der Waals surface area contributed by atoms with Gasteiger partial charge in [0.2, 0.25) is 0 Å². The molecule has 0 bridgehead atoms. The van der Waals surface area contributed by atoms with E-state index in [1.165, 1.54) is 35.1 Å². The van der Waals surface area contributed by atoms with Crippen LogP contribution in [0.3, 0.4) is 0 Å². The van der Waals surface area contributed by atoms with Gasteiger partial charge in [0, 0.05) is 11.9 Å². The Morgan fingerprint density at radius 1 is 1.11 bits per heavy atom. The molecule has 27 heavy (non-hydrogen) atoms. The van der Waals surface area contributed by atoms with Gasteiger partial charge in [-0.05, 0) is 48.5 Å². The van der Waals surface area contributed by atoms with E-state index in [0.29, 0.717) is 16.9 Å². The smallest absolute Gasteiger partial charge is 0.387 e. The van der Waals surface area contributed by atoms with Crippen molar-refractivity contribution >= 4 is 15.7 Å². The summed E-state index contributed by atoms with van der Waals surface area (Å²) in [7, 11) is -3.89. The van der Waals surface area contributed by atoms with Crippen LogP contribution in [0.25, 0.3) is 5.69 Å². The van der Waals surface area contributed by atoms with Crippen LogP contribution in [0.5, 0.6) is 5.75 Å². The van der Waals surface area contributed by atoms with E-state index >= 15 is 0 Å². The van der Waals surface area contributed by atoms with Crippen molar-refractivity contribution in [3.8, 4) is 17.5 Å². The molecule has 3 rings (SSSR count). The van der Waals surface area contributed by atoms with Gasteiger partial charge in [-0.25, -0.2) is 13.1 Å². The van der Waals surface area contributed by atoms with Crippen LogP contribution in [-0.2, 0) is 10.0 Å². The quantitative estimate of drug-likeness (QED) is 0.697.